The van der Waals surface area contributed by atoms with Crippen LogP contribution in [0, 0.1) is 0 Å². The van der Waals surface area contributed by atoms with Gasteiger partial charge in [0.15, 0.2) is 0 Å². The van der Waals surface area contributed by atoms with E-state index in [0.717, 1.165) is 29.4 Å². The van der Waals surface area contributed by atoms with Crippen LogP contribution in [0.5, 0.6) is 0 Å². The number of rotatable bonds is 5. The van der Waals surface area contributed by atoms with Crippen molar-refractivity contribution >= 4 is 28.2 Å². The number of pyridine rings is 1. The minimum atomic E-state index is -0.284. The van der Waals surface area contributed by atoms with E-state index in [1.807, 2.05) is 24.3 Å². The zero-order valence-corrected chi connectivity index (χ0v) is 12.0. The Bertz CT molecular complexity index is 559. The van der Waals surface area contributed by atoms with Crippen LogP contribution in [-0.2, 0) is 0 Å². The van der Waals surface area contributed by atoms with Crippen LogP contribution in [0.4, 0.5) is 5.69 Å². The molecule has 1 heterocycles. The van der Waals surface area contributed by atoms with Crippen molar-refractivity contribution in [2.24, 2.45) is 0 Å². The van der Waals surface area contributed by atoms with Gasteiger partial charge in [-0.25, -0.2) is 0 Å². The number of aromatic nitrogens is 1. The van der Waals surface area contributed by atoms with Crippen molar-refractivity contribution < 1.29 is 5.11 Å². The quantitative estimate of drug-likeness (QED) is 0.873. The second kappa shape index (κ2) is 5.76. The van der Waals surface area contributed by atoms with Gasteiger partial charge in [-0.15, -0.1) is 0 Å². The molecular weight excluding hydrogens is 260 g/mol. The van der Waals surface area contributed by atoms with Gasteiger partial charge in [-0.2, -0.15) is 0 Å². The molecule has 102 valence electrons. The van der Waals surface area contributed by atoms with Gasteiger partial charge in [0.1, 0.15) is 0 Å². The lowest BCUT2D eigenvalue weighted by atomic mass is 9.93. The molecule has 0 radical (unpaired) electrons. The molecule has 0 aliphatic carbocycles. The highest BCUT2D eigenvalue weighted by Crippen LogP contribution is 2.28. The monoisotopic (exact) mass is 278 g/mol. The lowest BCUT2D eigenvalue weighted by molar-refractivity contribution is 0.202. The number of aliphatic hydroxyl groups is 1. The average Bonchev–Trinajstić information content (AvgIpc) is 2.44. The highest BCUT2D eigenvalue weighted by Gasteiger charge is 2.25. The van der Waals surface area contributed by atoms with Crippen LogP contribution in [0.25, 0.3) is 10.9 Å². The summed E-state index contributed by atoms with van der Waals surface area (Å²) in [6, 6.07) is 7.60. The van der Waals surface area contributed by atoms with Crippen LogP contribution >= 0.6 is 11.6 Å². The van der Waals surface area contributed by atoms with Crippen LogP contribution in [0.2, 0.25) is 5.02 Å². The summed E-state index contributed by atoms with van der Waals surface area (Å²) in [5.74, 6) is 0. The number of nitrogens with zero attached hydrogens (tertiary/aromatic N) is 1. The Morgan fingerprint density at radius 3 is 2.63 bits per heavy atom. The lowest BCUT2D eigenvalue weighted by Crippen LogP contribution is -2.40. The van der Waals surface area contributed by atoms with E-state index in [2.05, 4.69) is 24.1 Å². The number of nitrogens with one attached hydrogen (secondary N) is 1. The number of anilines is 1. The molecule has 0 saturated heterocycles. The maximum absolute atomic E-state index is 9.65. The van der Waals surface area contributed by atoms with Gasteiger partial charge in [-0.3, -0.25) is 4.98 Å². The van der Waals surface area contributed by atoms with E-state index in [1.54, 1.807) is 6.20 Å². The van der Waals surface area contributed by atoms with E-state index in [4.69, 9.17) is 11.6 Å². The Labute approximate surface area is 118 Å². The fourth-order valence-electron chi connectivity index (χ4n) is 2.21. The molecule has 0 spiro atoms. The second-order valence-corrected chi connectivity index (χ2v) is 5.23. The zero-order valence-electron chi connectivity index (χ0n) is 11.3. The SMILES string of the molecule is CCC(CC)(CO)Nc1ccnc2cc(Cl)ccc12. The number of benzene rings is 1. The van der Waals surface area contributed by atoms with E-state index in [1.165, 1.54) is 0 Å². The van der Waals surface area contributed by atoms with Crippen molar-refractivity contribution in [1.29, 1.82) is 0 Å². The largest absolute Gasteiger partial charge is 0.394 e. The smallest absolute Gasteiger partial charge is 0.0737 e. The van der Waals surface area contributed by atoms with E-state index >= 15 is 0 Å². The first-order valence-electron chi connectivity index (χ1n) is 6.57. The van der Waals surface area contributed by atoms with Gasteiger partial charge in [0.25, 0.3) is 0 Å². The topological polar surface area (TPSA) is 45.1 Å². The number of fused-ring (bicyclic) bond motifs is 1. The molecule has 3 nitrogen and oxygen atoms in total. The van der Waals surface area contributed by atoms with Gasteiger partial charge >= 0.3 is 0 Å². The maximum Gasteiger partial charge on any atom is 0.0737 e. The van der Waals surface area contributed by atoms with Crippen molar-refractivity contribution in [3.63, 3.8) is 0 Å². The molecule has 4 heteroatoms. The van der Waals surface area contributed by atoms with E-state index in [0.29, 0.717) is 5.02 Å². The molecule has 2 N–H and O–H groups in total. The average molecular weight is 279 g/mol. The summed E-state index contributed by atoms with van der Waals surface area (Å²) in [6.07, 6.45) is 3.48. The third kappa shape index (κ3) is 2.82. The van der Waals surface area contributed by atoms with Gasteiger partial charge in [0.05, 0.1) is 17.7 Å². The summed E-state index contributed by atoms with van der Waals surface area (Å²) in [4.78, 5) is 4.32. The number of hydrogen-bond donors (Lipinski definition) is 2. The van der Waals surface area contributed by atoms with Crippen LogP contribution in [0.15, 0.2) is 30.5 Å². The Morgan fingerprint density at radius 1 is 1.26 bits per heavy atom. The molecule has 2 rings (SSSR count). The van der Waals surface area contributed by atoms with E-state index < -0.39 is 0 Å². The van der Waals surface area contributed by atoms with Crippen LogP contribution in [0.1, 0.15) is 26.7 Å². The summed E-state index contributed by atoms with van der Waals surface area (Å²) in [5.41, 5.74) is 1.56. The molecule has 0 aliphatic rings. The predicted octanol–water partition coefficient (Wildman–Crippen LogP) is 3.85. The molecule has 0 bridgehead atoms. The molecule has 0 fully saturated rings. The van der Waals surface area contributed by atoms with Crippen molar-refractivity contribution in [3.8, 4) is 0 Å². The first-order valence-corrected chi connectivity index (χ1v) is 6.95. The highest BCUT2D eigenvalue weighted by molar-refractivity contribution is 6.31. The third-order valence-electron chi connectivity index (χ3n) is 3.76. The van der Waals surface area contributed by atoms with E-state index in [9.17, 15) is 5.11 Å². The first-order chi connectivity index (χ1) is 9.14. The molecular formula is C15H19ClN2O. The molecule has 0 amide bonds. The van der Waals surface area contributed by atoms with Gasteiger partial charge in [-0.1, -0.05) is 25.4 Å². The molecule has 0 unspecified atom stereocenters. The summed E-state index contributed by atoms with van der Waals surface area (Å²) in [5, 5.41) is 14.8. The molecule has 1 aromatic heterocycles. The summed E-state index contributed by atoms with van der Waals surface area (Å²) < 4.78 is 0. The third-order valence-corrected chi connectivity index (χ3v) is 4.00. The molecule has 0 saturated carbocycles. The number of aliphatic hydroxyl groups excluding tert-OH is 1. The van der Waals surface area contributed by atoms with Gasteiger partial charge < -0.3 is 10.4 Å². The molecule has 0 aliphatic heterocycles. The summed E-state index contributed by atoms with van der Waals surface area (Å²) in [6.45, 7) is 4.26. The van der Waals surface area contributed by atoms with Gasteiger partial charge in [0, 0.05) is 22.3 Å². The van der Waals surface area contributed by atoms with Crippen molar-refractivity contribution in [3.05, 3.63) is 35.5 Å². The van der Waals surface area contributed by atoms with Crippen LogP contribution in [-0.4, -0.2) is 22.2 Å². The fraction of sp³-hybridized carbons (Fsp3) is 0.400. The van der Waals surface area contributed by atoms with Gasteiger partial charge in [-0.05, 0) is 37.1 Å². The Morgan fingerprint density at radius 2 is 2.00 bits per heavy atom. The van der Waals surface area contributed by atoms with E-state index in [-0.39, 0.29) is 12.1 Å². The summed E-state index contributed by atoms with van der Waals surface area (Å²) in [7, 11) is 0. The van der Waals surface area contributed by atoms with Crippen molar-refractivity contribution in [1.82, 2.24) is 4.98 Å². The van der Waals surface area contributed by atoms with Gasteiger partial charge in [0.2, 0.25) is 0 Å². The highest BCUT2D eigenvalue weighted by atomic mass is 35.5. The standard InChI is InChI=1S/C15H19ClN2O/c1-3-15(4-2,10-19)18-13-7-8-17-14-9-11(16)5-6-12(13)14/h5-9,19H,3-4,10H2,1-2H3,(H,17,18). The molecule has 2 aromatic rings. The Hall–Kier alpha value is -1.32. The molecule has 19 heavy (non-hydrogen) atoms. The normalized spacial score (nSPS) is 11.8. The van der Waals surface area contributed by atoms with Crippen molar-refractivity contribution in [2.45, 2.75) is 32.2 Å². The fourth-order valence-corrected chi connectivity index (χ4v) is 2.37. The minimum Gasteiger partial charge on any atom is -0.394 e. The number of halogens is 1. The van der Waals surface area contributed by atoms with Crippen LogP contribution in [0.3, 0.4) is 0 Å². The lowest BCUT2D eigenvalue weighted by Gasteiger charge is -2.32. The molecule has 1 aromatic carbocycles. The summed E-state index contributed by atoms with van der Waals surface area (Å²) >= 11 is 5.99. The molecule has 0 atom stereocenters. The Kier molecular flexibility index (Phi) is 4.27. The minimum absolute atomic E-state index is 0.109. The number of hydrogen-bond acceptors (Lipinski definition) is 3. The van der Waals surface area contributed by atoms with Crippen molar-refractivity contribution in [2.75, 3.05) is 11.9 Å². The predicted molar refractivity (Wildman–Crippen MR) is 80.8 cm³/mol. The van der Waals surface area contributed by atoms with Crippen LogP contribution < -0.4 is 5.32 Å². The Balaban J connectivity index is 2.45. The second-order valence-electron chi connectivity index (χ2n) is 4.79. The first kappa shape index (κ1) is 14.1. The maximum atomic E-state index is 9.65. The zero-order chi connectivity index (χ0) is 13.9.